The number of ketones is 2. The summed E-state index contributed by atoms with van der Waals surface area (Å²) in [5.41, 5.74) is 7.84. The fourth-order valence-electron chi connectivity index (χ4n) is 6.55. The van der Waals surface area contributed by atoms with Crippen molar-refractivity contribution in [2.75, 3.05) is 33.1 Å². The molecule has 0 bridgehead atoms. The number of primary amides is 1. The van der Waals surface area contributed by atoms with Gasteiger partial charge in [0.1, 0.15) is 22.8 Å². The maximum atomic E-state index is 13.9. The lowest BCUT2D eigenvalue weighted by Gasteiger charge is -2.46. The standard InChI is InChI=1S/C29H31N3O6/c1-31(2)18-12-15(13-8-6-5-7-9-13)24(33)20-16(18)10-14-11-17-21(26(35)19(14)25(20)34)27(36)22(29(30)38)28(37)23(17)32(3)4/h5-9,12,14,17,21,23,33-34,37H,10-11H2,1-4H3,(H2,30,38)/t14?,17?,21?,23-/m0/s1. The number of hydrogen-bond acceptors (Lipinski definition) is 8. The minimum Gasteiger partial charge on any atom is -0.510 e. The summed E-state index contributed by atoms with van der Waals surface area (Å²) in [5.74, 6) is -5.79. The summed E-state index contributed by atoms with van der Waals surface area (Å²) < 4.78 is 0. The molecule has 9 heteroatoms. The highest BCUT2D eigenvalue weighted by Crippen LogP contribution is 2.53. The summed E-state index contributed by atoms with van der Waals surface area (Å²) in [6.07, 6.45) is 0.662. The number of anilines is 1. The van der Waals surface area contributed by atoms with Crippen LogP contribution in [0.2, 0.25) is 0 Å². The van der Waals surface area contributed by atoms with Crippen LogP contribution in [-0.4, -0.2) is 71.9 Å². The molecule has 0 spiro atoms. The number of hydrogen-bond donors (Lipinski definition) is 4. The molecule has 1 fully saturated rings. The molecule has 9 nitrogen and oxygen atoms in total. The van der Waals surface area contributed by atoms with E-state index in [0.29, 0.717) is 24.0 Å². The average Bonchev–Trinajstić information content (AvgIpc) is 2.83. The molecule has 1 saturated carbocycles. The molecule has 5 rings (SSSR count). The first-order valence-electron chi connectivity index (χ1n) is 12.5. The number of aliphatic hydroxyl groups is 2. The minimum atomic E-state index is -1.27. The topological polar surface area (TPSA) is 144 Å². The second-order valence-electron chi connectivity index (χ2n) is 10.7. The number of aliphatic hydroxyl groups excluding tert-OH is 2. The largest absolute Gasteiger partial charge is 0.510 e. The zero-order chi connectivity index (χ0) is 27.6. The van der Waals surface area contributed by atoms with Gasteiger partial charge in [-0.05, 0) is 56.0 Å². The van der Waals surface area contributed by atoms with Crippen molar-refractivity contribution in [3.63, 3.8) is 0 Å². The number of benzene rings is 2. The van der Waals surface area contributed by atoms with Crippen molar-refractivity contribution in [1.82, 2.24) is 4.90 Å². The normalized spacial score (nSPS) is 24.8. The number of likely N-dealkylation sites (N-methyl/N-ethyl adjacent to an activating group) is 1. The molecule has 0 heterocycles. The van der Waals surface area contributed by atoms with Crippen molar-refractivity contribution in [1.29, 1.82) is 0 Å². The molecule has 5 N–H and O–H groups in total. The molecule has 0 radical (unpaired) electrons. The maximum absolute atomic E-state index is 13.9. The van der Waals surface area contributed by atoms with Crippen molar-refractivity contribution in [2.24, 2.45) is 23.5 Å². The number of phenolic OH excluding ortho intramolecular Hbond substituents is 1. The number of carbonyl (C=O) groups is 3. The smallest absolute Gasteiger partial charge is 0.255 e. The van der Waals surface area contributed by atoms with Crippen LogP contribution in [0.25, 0.3) is 16.9 Å². The van der Waals surface area contributed by atoms with E-state index in [1.165, 1.54) is 0 Å². The highest BCUT2D eigenvalue weighted by Gasteiger charge is 2.56. The Morgan fingerprint density at radius 1 is 1.00 bits per heavy atom. The first kappa shape index (κ1) is 25.5. The van der Waals surface area contributed by atoms with Crippen molar-refractivity contribution >= 4 is 28.9 Å². The van der Waals surface area contributed by atoms with Crippen LogP contribution in [-0.2, 0) is 20.8 Å². The van der Waals surface area contributed by atoms with Gasteiger partial charge in [-0.3, -0.25) is 19.3 Å². The Hall–Kier alpha value is -4.11. The number of fused-ring (bicyclic) bond motifs is 3. The van der Waals surface area contributed by atoms with E-state index < -0.39 is 52.6 Å². The zero-order valence-corrected chi connectivity index (χ0v) is 21.7. The van der Waals surface area contributed by atoms with Crippen LogP contribution < -0.4 is 10.6 Å². The van der Waals surface area contributed by atoms with E-state index in [4.69, 9.17) is 5.73 Å². The van der Waals surface area contributed by atoms with E-state index >= 15 is 0 Å². The summed E-state index contributed by atoms with van der Waals surface area (Å²) in [6, 6.07) is 10.3. The quantitative estimate of drug-likeness (QED) is 0.358. The second kappa shape index (κ2) is 9.02. The Kier molecular flexibility index (Phi) is 6.06. The number of rotatable bonds is 4. The minimum absolute atomic E-state index is 0.0695. The van der Waals surface area contributed by atoms with Crippen molar-refractivity contribution in [2.45, 2.75) is 18.9 Å². The predicted octanol–water partition coefficient (Wildman–Crippen LogP) is 2.58. The average molecular weight is 518 g/mol. The summed E-state index contributed by atoms with van der Waals surface area (Å²) in [6.45, 7) is 0. The fraction of sp³-hybridized carbons (Fsp3) is 0.345. The number of nitrogens with zero attached hydrogens (tertiary/aromatic N) is 2. The van der Waals surface area contributed by atoms with Crippen molar-refractivity contribution in [3.05, 3.63) is 64.4 Å². The van der Waals surface area contributed by atoms with E-state index in [-0.39, 0.29) is 22.6 Å². The monoisotopic (exact) mass is 517 g/mol. The van der Waals surface area contributed by atoms with Gasteiger partial charge in [0.2, 0.25) is 0 Å². The van der Waals surface area contributed by atoms with Gasteiger partial charge in [-0.25, -0.2) is 0 Å². The molecule has 198 valence electrons. The predicted molar refractivity (Wildman–Crippen MR) is 143 cm³/mol. The highest BCUT2D eigenvalue weighted by molar-refractivity contribution is 6.28. The number of allylic oxidation sites excluding steroid dienone is 1. The van der Waals surface area contributed by atoms with Crippen LogP contribution in [0.1, 0.15) is 17.5 Å². The number of phenols is 1. The molecule has 2 aromatic rings. The molecule has 3 unspecified atom stereocenters. The van der Waals surface area contributed by atoms with Gasteiger partial charge >= 0.3 is 0 Å². The summed E-state index contributed by atoms with van der Waals surface area (Å²) in [5, 5.41) is 33.8. The van der Waals surface area contributed by atoms with Gasteiger partial charge in [0.05, 0.1) is 17.5 Å². The molecule has 0 aromatic heterocycles. The number of aromatic hydroxyl groups is 1. The summed E-state index contributed by atoms with van der Waals surface area (Å²) >= 11 is 0. The van der Waals surface area contributed by atoms with Crippen LogP contribution in [0.15, 0.2) is 53.3 Å². The second-order valence-corrected chi connectivity index (χ2v) is 10.7. The number of nitrogens with two attached hydrogens (primary N) is 1. The van der Waals surface area contributed by atoms with E-state index in [2.05, 4.69) is 0 Å². The van der Waals surface area contributed by atoms with Crippen LogP contribution in [0, 0.1) is 17.8 Å². The molecule has 0 saturated heterocycles. The van der Waals surface area contributed by atoms with Crippen LogP contribution in [0.5, 0.6) is 5.75 Å². The van der Waals surface area contributed by atoms with Gasteiger partial charge in [-0.1, -0.05) is 30.3 Å². The number of amides is 1. The van der Waals surface area contributed by atoms with Gasteiger partial charge < -0.3 is 26.0 Å². The third-order valence-electron chi connectivity index (χ3n) is 8.11. The first-order chi connectivity index (χ1) is 18.0. The Labute approximate surface area is 220 Å². The molecule has 3 aliphatic rings. The van der Waals surface area contributed by atoms with Crippen LogP contribution >= 0.6 is 0 Å². The van der Waals surface area contributed by atoms with Crippen LogP contribution in [0.4, 0.5) is 5.69 Å². The molecule has 4 atom stereocenters. The molecule has 3 aliphatic carbocycles. The van der Waals surface area contributed by atoms with Gasteiger partial charge in [-0.2, -0.15) is 0 Å². The van der Waals surface area contributed by atoms with Gasteiger partial charge in [0, 0.05) is 30.9 Å². The summed E-state index contributed by atoms with van der Waals surface area (Å²) in [7, 11) is 7.14. The third kappa shape index (κ3) is 3.60. The molecular weight excluding hydrogens is 486 g/mol. The Morgan fingerprint density at radius 2 is 1.66 bits per heavy atom. The Morgan fingerprint density at radius 3 is 2.24 bits per heavy atom. The lowest BCUT2D eigenvalue weighted by atomic mass is 9.59. The van der Waals surface area contributed by atoms with E-state index in [1.807, 2.05) is 55.4 Å². The molecule has 1 amide bonds. The Balaban J connectivity index is 1.72. The first-order valence-corrected chi connectivity index (χ1v) is 12.5. The van der Waals surface area contributed by atoms with Crippen molar-refractivity contribution < 1.29 is 29.7 Å². The number of carbonyl (C=O) groups excluding carboxylic acids is 3. The van der Waals surface area contributed by atoms with E-state index in [9.17, 15) is 29.7 Å². The molecule has 2 aromatic carbocycles. The highest BCUT2D eigenvalue weighted by atomic mass is 16.3. The van der Waals surface area contributed by atoms with E-state index in [0.717, 1.165) is 11.3 Å². The zero-order valence-electron chi connectivity index (χ0n) is 21.7. The van der Waals surface area contributed by atoms with Gasteiger partial charge in [0.15, 0.2) is 11.6 Å². The SMILES string of the molecule is CN(C)c1cc(-c2ccccc2)c(O)c2c1CC1CC3C(C(=O)C(C(N)=O)=C(O)[C@H]3N(C)C)C(=O)C1=C2O. The van der Waals surface area contributed by atoms with Gasteiger partial charge in [0.25, 0.3) is 5.91 Å². The molecular formula is C29H31N3O6. The fourth-order valence-corrected chi connectivity index (χ4v) is 6.55. The Bertz CT molecular complexity index is 1440. The lowest BCUT2D eigenvalue weighted by Crippen LogP contribution is -2.55. The maximum Gasteiger partial charge on any atom is 0.255 e. The van der Waals surface area contributed by atoms with Crippen molar-refractivity contribution in [3.8, 4) is 16.9 Å². The van der Waals surface area contributed by atoms with Gasteiger partial charge in [-0.15, -0.1) is 0 Å². The molecule has 38 heavy (non-hydrogen) atoms. The van der Waals surface area contributed by atoms with E-state index in [1.54, 1.807) is 19.0 Å². The molecule has 0 aliphatic heterocycles. The summed E-state index contributed by atoms with van der Waals surface area (Å²) in [4.78, 5) is 43.0. The lowest BCUT2D eigenvalue weighted by molar-refractivity contribution is -0.136. The number of Topliss-reactive ketones (excluding diaryl/α,β-unsaturated/α-hetero) is 2. The third-order valence-corrected chi connectivity index (χ3v) is 8.11. The van der Waals surface area contributed by atoms with Crippen LogP contribution in [0.3, 0.4) is 0 Å².